The molecule has 2 unspecified atom stereocenters. The molecule has 1 aliphatic heterocycles. The van der Waals surface area contributed by atoms with Gasteiger partial charge in [-0.25, -0.2) is 9.59 Å². The lowest BCUT2D eigenvalue weighted by Crippen LogP contribution is -2.42. The van der Waals surface area contributed by atoms with Crippen LogP contribution in [0.2, 0.25) is 0 Å². The molecule has 3 aromatic rings. The molecule has 2 aliphatic rings. The van der Waals surface area contributed by atoms with Gasteiger partial charge in [-0.3, -0.25) is 0 Å². The van der Waals surface area contributed by atoms with E-state index in [-0.39, 0.29) is 31.2 Å². The summed E-state index contributed by atoms with van der Waals surface area (Å²) in [6, 6.07) is 22.4. The van der Waals surface area contributed by atoms with E-state index in [4.69, 9.17) is 14.2 Å². The first-order valence-electron chi connectivity index (χ1n) is 12.1. The number of hydrogen-bond donors (Lipinski definition) is 2. The summed E-state index contributed by atoms with van der Waals surface area (Å²) in [6.45, 7) is 4.05. The third-order valence-electron chi connectivity index (χ3n) is 6.96. The first kappa shape index (κ1) is 24.0. The molecule has 7 heteroatoms. The summed E-state index contributed by atoms with van der Waals surface area (Å²) < 4.78 is 17.1. The Kier molecular flexibility index (Phi) is 6.76. The SMILES string of the molecule is CC1OC(c2ccc(C[C@H](NC(=O)OCC3c4ccccc4-c4ccccc43)C(=O)O)cc2)OC1C. The number of amides is 1. The van der Waals surface area contributed by atoms with Crippen molar-refractivity contribution >= 4 is 12.1 Å². The van der Waals surface area contributed by atoms with E-state index in [9.17, 15) is 14.7 Å². The number of rotatable bonds is 7. The molecule has 186 valence electrons. The highest BCUT2D eigenvalue weighted by atomic mass is 16.7. The maximum atomic E-state index is 12.6. The largest absolute Gasteiger partial charge is 0.480 e. The molecule has 0 radical (unpaired) electrons. The van der Waals surface area contributed by atoms with Gasteiger partial charge in [-0.1, -0.05) is 72.8 Å². The van der Waals surface area contributed by atoms with Gasteiger partial charge in [0.1, 0.15) is 12.6 Å². The zero-order chi connectivity index (χ0) is 25.2. The van der Waals surface area contributed by atoms with E-state index in [0.717, 1.165) is 33.4 Å². The molecule has 7 nitrogen and oxygen atoms in total. The first-order chi connectivity index (χ1) is 17.4. The Bertz CT molecular complexity index is 1200. The normalized spacial score (nSPS) is 21.4. The minimum absolute atomic E-state index is 0.00692. The number of hydrogen-bond acceptors (Lipinski definition) is 5. The number of alkyl carbamates (subject to hydrolysis) is 1. The number of carbonyl (C=O) groups is 2. The summed E-state index contributed by atoms with van der Waals surface area (Å²) in [5.74, 6) is -1.22. The highest BCUT2D eigenvalue weighted by molar-refractivity contribution is 5.81. The number of benzene rings is 3. The Balaban J connectivity index is 1.20. The summed E-state index contributed by atoms with van der Waals surface area (Å²) in [7, 11) is 0. The monoisotopic (exact) mass is 487 g/mol. The fraction of sp³-hybridized carbons (Fsp3) is 0.310. The Hall–Kier alpha value is -3.68. The fourth-order valence-corrected chi connectivity index (χ4v) is 4.83. The van der Waals surface area contributed by atoms with Crippen LogP contribution in [-0.2, 0) is 25.4 Å². The standard InChI is InChI=1S/C29H29NO6/c1-17-18(2)36-28(35-17)20-13-11-19(12-14-20)15-26(27(31)32)30-29(33)34-16-25-23-9-5-3-7-21(23)22-8-4-6-10-24(22)25/h3-14,17-18,25-26,28H,15-16H2,1-2H3,(H,30,33)(H,31,32)/t17?,18?,26-,28?/m0/s1. The predicted molar refractivity (Wildman–Crippen MR) is 134 cm³/mol. The van der Waals surface area contributed by atoms with Gasteiger partial charge in [0.25, 0.3) is 0 Å². The molecule has 0 bridgehead atoms. The number of fused-ring (bicyclic) bond motifs is 3. The van der Waals surface area contributed by atoms with Crippen LogP contribution in [0.4, 0.5) is 4.79 Å². The van der Waals surface area contributed by atoms with Gasteiger partial charge in [-0.15, -0.1) is 0 Å². The van der Waals surface area contributed by atoms with E-state index in [1.54, 1.807) is 0 Å². The molecule has 36 heavy (non-hydrogen) atoms. The summed E-state index contributed by atoms with van der Waals surface area (Å²) in [6.07, 6.45) is -1.05. The topological polar surface area (TPSA) is 94.1 Å². The van der Waals surface area contributed by atoms with Crippen LogP contribution >= 0.6 is 0 Å². The Labute approximate surface area is 210 Å². The quantitative estimate of drug-likeness (QED) is 0.485. The number of carboxylic acid groups (broad SMARTS) is 1. The zero-order valence-electron chi connectivity index (χ0n) is 20.2. The molecule has 0 saturated carbocycles. The van der Waals surface area contributed by atoms with Crippen molar-refractivity contribution in [3.8, 4) is 11.1 Å². The summed E-state index contributed by atoms with van der Waals surface area (Å²) >= 11 is 0. The molecule has 2 N–H and O–H groups in total. The second-order valence-electron chi connectivity index (χ2n) is 9.32. The smallest absolute Gasteiger partial charge is 0.407 e. The van der Waals surface area contributed by atoms with E-state index >= 15 is 0 Å². The molecule has 1 saturated heterocycles. The van der Waals surface area contributed by atoms with Crippen LogP contribution in [0.5, 0.6) is 0 Å². The van der Waals surface area contributed by atoms with E-state index in [1.165, 1.54) is 0 Å². The maximum absolute atomic E-state index is 12.6. The lowest BCUT2D eigenvalue weighted by molar-refractivity contribution is -0.139. The number of aliphatic carboxylic acids is 1. The van der Waals surface area contributed by atoms with Gasteiger partial charge in [0.15, 0.2) is 6.29 Å². The number of ether oxygens (including phenoxy) is 3. The molecule has 1 fully saturated rings. The van der Waals surface area contributed by atoms with Gasteiger partial charge in [0.05, 0.1) is 12.2 Å². The Morgan fingerprint density at radius 1 is 0.889 bits per heavy atom. The van der Waals surface area contributed by atoms with Crippen molar-refractivity contribution in [1.82, 2.24) is 5.32 Å². The third kappa shape index (κ3) is 4.85. The predicted octanol–water partition coefficient (Wildman–Crippen LogP) is 5.04. The van der Waals surface area contributed by atoms with E-state index < -0.39 is 24.4 Å². The number of carboxylic acids is 1. The first-order valence-corrected chi connectivity index (χ1v) is 12.1. The van der Waals surface area contributed by atoms with Crippen molar-refractivity contribution < 1.29 is 28.9 Å². The van der Waals surface area contributed by atoms with Crippen molar-refractivity contribution in [3.05, 3.63) is 95.1 Å². The second kappa shape index (κ2) is 10.1. The van der Waals surface area contributed by atoms with Crippen LogP contribution in [-0.4, -0.2) is 42.0 Å². The van der Waals surface area contributed by atoms with Crippen molar-refractivity contribution in [2.24, 2.45) is 0 Å². The zero-order valence-corrected chi connectivity index (χ0v) is 20.2. The lowest BCUT2D eigenvalue weighted by Gasteiger charge is -2.18. The Morgan fingerprint density at radius 2 is 1.44 bits per heavy atom. The van der Waals surface area contributed by atoms with E-state index in [0.29, 0.717) is 0 Å². The van der Waals surface area contributed by atoms with Gasteiger partial charge in [0, 0.05) is 17.9 Å². The molecule has 1 heterocycles. The molecule has 3 atom stereocenters. The molecular formula is C29H29NO6. The van der Waals surface area contributed by atoms with Crippen molar-refractivity contribution in [2.75, 3.05) is 6.61 Å². The molecule has 1 aliphatic carbocycles. The van der Waals surface area contributed by atoms with Crippen LogP contribution in [0.25, 0.3) is 11.1 Å². The van der Waals surface area contributed by atoms with Gasteiger partial charge in [-0.05, 0) is 41.7 Å². The number of carbonyl (C=O) groups excluding carboxylic acids is 1. The average Bonchev–Trinajstić information content (AvgIpc) is 3.39. The Morgan fingerprint density at radius 3 is 2.00 bits per heavy atom. The highest BCUT2D eigenvalue weighted by Gasteiger charge is 2.31. The summed E-state index contributed by atoms with van der Waals surface area (Å²) in [4.78, 5) is 24.5. The fourth-order valence-electron chi connectivity index (χ4n) is 4.83. The average molecular weight is 488 g/mol. The van der Waals surface area contributed by atoms with Crippen LogP contribution in [0.3, 0.4) is 0 Å². The minimum Gasteiger partial charge on any atom is -0.480 e. The third-order valence-corrected chi connectivity index (χ3v) is 6.96. The minimum atomic E-state index is -1.13. The molecule has 0 spiro atoms. The second-order valence-corrected chi connectivity index (χ2v) is 9.32. The highest BCUT2D eigenvalue weighted by Crippen LogP contribution is 2.44. The van der Waals surface area contributed by atoms with Crippen molar-refractivity contribution in [3.63, 3.8) is 0 Å². The molecule has 1 amide bonds. The molecule has 5 rings (SSSR count). The van der Waals surface area contributed by atoms with Gasteiger partial charge >= 0.3 is 12.1 Å². The van der Waals surface area contributed by atoms with Gasteiger partial charge in [0.2, 0.25) is 0 Å². The molecule has 3 aromatic carbocycles. The molecular weight excluding hydrogens is 458 g/mol. The summed E-state index contributed by atoms with van der Waals surface area (Å²) in [5, 5.41) is 12.2. The molecule has 0 aromatic heterocycles. The lowest BCUT2D eigenvalue weighted by atomic mass is 9.98. The number of nitrogens with one attached hydrogen (secondary N) is 1. The van der Waals surface area contributed by atoms with Crippen LogP contribution in [0.15, 0.2) is 72.8 Å². The van der Waals surface area contributed by atoms with Crippen molar-refractivity contribution in [1.29, 1.82) is 0 Å². The van der Waals surface area contributed by atoms with E-state index in [1.807, 2.05) is 74.5 Å². The van der Waals surface area contributed by atoms with Crippen molar-refractivity contribution in [2.45, 2.75) is 50.7 Å². The van der Waals surface area contributed by atoms with Crippen LogP contribution in [0, 0.1) is 0 Å². The van der Waals surface area contributed by atoms with Gasteiger partial charge in [-0.2, -0.15) is 0 Å². The van der Waals surface area contributed by atoms with Crippen LogP contribution < -0.4 is 5.32 Å². The van der Waals surface area contributed by atoms with Crippen LogP contribution in [0.1, 0.15) is 48.3 Å². The maximum Gasteiger partial charge on any atom is 0.407 e. The summed E-state index contributed by atoms with van der Waals surface area (Å²) in [5.41, 5.74) is 6.09. The van der Waals surface area contributed by atoms with Gasteiger partial charge < -0.3 is 24.6 Å². The van der Waals surface area contributed by atoms with E-state index in [2.05, 4.69) is 17.4 Å².